The molecule has 2 unspecified atom stereocenters. The number of hydrogen-bond donors (Lipinski definition) is 1. The molecule has 1 aliphatic carbocycles. The van der Waals surface area contributed by atoms with E-state index in [1.165, 1.54) is 36.9 Å². The fourth-order valence-electron chi connectivity index (χ4n) is 3.12. The van der Waals surface area contributed by atoms with E-state index in [9.17, 15) is 0 Å². The van der Waals surface area contributed by atoms with Crippen LogP contribution < -0.4 is 5.32 Å². The molecule has 2 rings (SSSR count). The van der Waals surface area contributed by atoms with Crippen molar-refractivity contribution < 1.29 is 0 Å². The molecule has 1 N–H and O–H groups in total. The van der Waals surface area contributed by atoms with Crippen LogP contribution in [0.1, 0.15) is 57.2 Å². The van der Waals surface area contributed by atoms with Gasteiger partial charge in [-0.3, -0.25) is 4.98 Å². The topological polar surface area (TPSA) is 24.9 Å². The van der Waals surface area contributed by atoms with Gasteiger partial charge in [0.05, 0.1) is 0 Å². The van der Waals surface area contributed by atoms with Crippen molar-refractivity contribution in [2.75, 3.05) is 13.1 Å². The molecule has 1 aromatic rings. The molecule has 106 valence electrons. The van der Waals surface area contributed by atoms with E-state index in [1.807, 2.05) is 6.20 Å². The van der Waals surface area contributed by atoms with Crippen LogP contribution >= 0.6 is 0 Å². The Hall–Kier alpha value is -0.890. The lowest BCUT2D eigenvalue weighted by Crippen LogP contribution is -2.26. The van der Waals surface area contributed by atoms with Gasteiger partial charge in [0.25, 0.3) is 0 Å². The molecule has 2 heteroatoms. The van der Waals surface area contributed by atoms with Crippen LogP contribution in [0.3, 0.4) is 0 Å². The first-order chi connectivity index (χ1) is 9.16. The third-order valence-corrected chi connectivity index (χ3v) is 4.04. The van der Waals surface area contributed by atoms with Gasteiger partial charge >= 0.3 is 0 Å². The fraction of sp³-hybridized carbons (Fsp3) is 0.706. The van der Waals surface area contributed by atoms with Gasteiger partial charge in [-0.2, -0.15) is 0 Å². The summed E-state index contributed by atoms with van der Waals surface area (Å²) >= 11 is 0. The number of pyridine rings is 1. The number of hydrogen-bond acceptors (Lipinski definition) is 2. The molecule has 19 heavy (non-hydrogen) atoms. The van der Waals surface area contributed by atoms with Crippen LogP contribution in [0, 0.1) is 11.8 Å². The van der Waals surface area contributed by atoms with E-state index in [2.05, 4.69) is 43.2 Å². The molecule has 0 spiro atoms. The van der Waals surface area contributed by atoms with Gasteiger partial charge in [-0.25, -0.2) is 0 Å². The molecule has 0 fully saturated rings. The van der Waals surface area contributed by atoms with Crippen molar-refractivity contribution >= 4 is 0 Å². The Kier molecular flexibility index (Phi) is 5.38. The van der Waals surface area contributed by atoms with E-state index in [4.69, 9.17) is 0 Å². The van der Waals surface area contributed by atoms with E-state index in [-0.39, 0.29) is 0 Å². The second-order valence-corrected chi connectivity index (χ2v) is 6.53. The SMILES string of the molecule is CC(C)CNCC(C)CC1CCCc2cccnc21. The summed E-state index contributed by atoms with van der Waals surface area (Å²) in [4.78, 5) is 4.64. The summed E-state index contributed by atoms with van der Waals surface area (Å²) in [5.74, 6) is 2.15. The molecule has 0 saturated heterocycles. The van der Waals surface area contributed by atoms with E-state index in [1.54, 1.807) is 0 Å². The molecule has 1 heterocycles. The van der Waals surface area contributed by atoms with Gasteiger partial charge in [0, 0.05) is 17.8 Å². The summed E-state index contributed by atoms with van der Waals surface area (Å²) in [5, 5.41) is 3.58. The summed E-state index contributed by atoms with van der Waals surface area (Å²) in [6, 6.07) is 4.34. The van der Waals surface area contributed by atoms with Crippen LogP contribution in [0.25, 0.3) is 0 Å². The number of rotatable bonds is 6. The molecule has 2 nitrogen and oxygen atoms in total. The summed E-state index contributed by atoms with van der Waals surface area (Å²) in [5.41, 5.74) is 2.87. The molecule has 1 aromatic heterocycles. The maximum atomic E-state index is 4.64. The van der Waals surface area contributed by atoms with Gasteiger partial charge < -0.3 is 5.32 Å². The largest absolute Gasteiger partial charge is 0.316 e. The molecule has 1 aliphatic rings. The number of aryl methyl sites for hydroxylation is 1. The van der Waals surface area contributed by atoms with Gasteiger partial charge in [-0.1, -0.05) is 26.8 Å². The average Bonchev–Trinajstić information content (AvgIpc) is 2.39. The van der Waals surface area contributed by atoms with E-state index < -0.39 is 0 Å². The van der Waals surface area contributed by atoms with Crippen LogP contribution in [0.2, 0.25) is 0 Å². The van der Waals surface area contributed by atoms with Crippen LogP contribution in [0.4, 0.5) is 0 Å². The quantitative estimate of drug-likeness (QED) is 0.842. The maximum Gasteiger partial charge on any atom is 0.0466 e. The van der Waals surface area contributed by atoms with Gasteiger partial charge in [0.1, 0.15) is 0 Å². The highest BCUT2D eigenvalue weighted by Gasteiger charge is 2.22. The zero-order chi connectivity index (χ0) is 13.7. The molecule has 0 saturated carbocycles. The van der Waals surface area contributed by atoms with Crippen LogP contribution in [0.5, 0.6) is 0 Å². The smallest absolute Gasteiger partial charge is 0.0466 e. The molecule has 0 aromatic carbocycles. The first-order valence-corrected chi connectivity index (χ1v) is 7.81. The van der Waals surface area contributed by atoms with E-state index in [0.717, 1.165) is 24.9 Å². The highest BCUT2D eigenvalue weighted by molar-refractivity contribution is 5.25. The minimum Gasteiger partial charge on any atom is -0.316 e. The Morgan fingerprint density at radius 1 is 1.32 bits per heavy atom. The Morgan fingerprint density at radius 2 is 2.16 bits per heavy atom. The number of aromatic nitrogens is 1. The minimum absolute atomic E-state index is 0.681. The predicted octanol–water partition coefficient (Wildman–Crippen LogP) is 3.77. The van der Waals surface area contributed by atoms with Gasteiger partial charge in [-0.15, -0.1) is 0 Å². The summed E-state index contributed by atoms with van der Waals surface area (Å²) in [6.45, 7) is 9.16. The lowest BCUT2D eigenvalue weighted by Gasteiger charge is -2.26. The van der Waals surface area contributed by atoms with Crippen molar-refractivity contribution in [1.29, 1.82) is 0 Å². The molecule has 0 aliphatic heterocycles. The Bertz CT molecular complexity index is 387. The summed E-state index contributed by atoms with van der Waals surface area (Å²) in [6.07, 6.45) is 7.10. The average molecular weight is 260 g/mol. The molecular weight excluding hydrogens is 232 g/mol. The first kappa shape index (κ1) is 14.5. The molecule has 0 radical (unpaired) electrons. The lowest BCUT2D eigenvalue weighted by molar-refractivity contribution is 0.391. The third-order valence-electron chi connectivity index (χ3n) is 4.04. The zero-order valence-corrected chi connectivity index (χ0v) is 12.7. The maximum absolute atomic E-state index is 4.64. The van der Waals surface area contributed by atoms with Crippen LogP contribution in [-0.4, -0.2) is 18.1 Å². The van der Waals surface area contributed by atoms with E-state index >= 15 is 0 Å². The second kappa shape index (κ2) is 7.04. The van der Waals surface area contributed by atoms with Gasteiger partial charge in [0.15, 0.2) is 0 Å². The molecule has 0 amide bonds. The fourth-order valence-corrected chi connectivity index (χ4v) is 3.12. The van der Waals surface area contributed by atoms with Crippen molar-refractivity contribution in [2.45, 2.75) is 52.4 Å². The van der Waals surface area contributed by atoms with Gasteiger partial charge in [-0.05, 0) is 62.2 Å². The number of nitrogens with zero attached hydrogens (tertiary/aromatic N) is 1. The van der Waals surface area contributed by atoms with E-state index in [0.29, 0.717) is 5.92 Å². The molecule has 2 atom stereocenters. The second-order valence-electron chi connectivity index (χ2n) is 6.53. The highest BCUT2D eigenvalue weighted by atomic mass is 14.9. The molecule has 0 bridgehead atoms. The third kappa shape index (κ3) is 4.31. The van der Waals surface area contributed by atoms with Crippen molar-refractivity contribution in [1.82, 2.24) is 10.3 Å². The van der Waals surface area contributed by atoms with Crippen molar-refractivity contribution in [2.24, 2.45) is 11.8 Å². The van der Waals surface area contributed by atoms with Crippen molar-refractivity contribution in [3.05, 3.63) is 29.6 Å². The van der Waals surface area contributed by atoms with Crippen LogP contribution in [0.15, 0.2) is 18.3 Å². The summed E-state index contributed by atoms with van der Waals surface area (Å²) in [7, 11) is 0. The normalized spacial score (nSPS) is 20.3. The van der Waals surface area contributed by atoms with Crippen LogP contribution in [-0.2, 0) is 6.42 Å². The Balaban J connectivity index is 1.86. The predicted molar refractivity (Wildman–Crippen MR) is 81.4 cm³/mol. The van der Waals surface area contributed by atoms with Crippen molar-refractivity contribution in [3.63, 3.8) is 0 Å². The Labute approximate surface area is 118 Å². The Morgan fingerprint density at radius 3 is 2.95 bits per heavy atom. The van der Waals surface area contributed by atoms with Crippen molar-refractivity contribution in [3.8, 4) is 0 Å². The summed E-state index contributed by atoms with van der Waals surface area (Å²) < 4.78 is 0. The lowest BCUT2D eigenvalue weighted by atomic mass is 9.81. The molecular formula is C17H28N2. The highest BCUT2D eigenvalue weighted by Crippen LogP contribution is 2.34. The standard InChI is InChI=1S/C17H28N2/c1-13(2)11-18-12-14(3)10-16-7-4-6-15-8-5-9-19-17(15)16/h5,8-9,13-14,16,18H,4,6-7,10-12H2,1-3H3. The van der Waals surface area contributed by atoms with Gasteiger partial charge in [0.2, 0.25) is 0 Å². The number of fused-ring (bicyclic) bond motifs is 1. The number of nitrogens with one attached hydrogen (secondary N) is 1. The zero-order valence-electron chi connectivity index (χ0n) is 12.7. The monoisotopic (exact) mass is 260 g/mol. The first-order valence-electron chi connectivity index (χ1n) is 7.81. The minimum atomic E-state index is 0.681.